The van der Waals surface area contributed by atoms with Gasteiger partial charge in [-0.2, -0.15) is 0 Å². The third-order valence-corrected chi connectivity index (χ3v) is 6.08. The number of benzene rings is 3. The van der Waals surface area contributed by atoms with E-state index in [4.69, 9.17) is 14.5 Å². The fourth-order valence-corrected chi connectivity index (χ4v) is 4.50. The van der Waals surface area contributed by atoms with E-state index in [2.05, 4.69) is 0 Å². The molecule has 156 valence electrons. The van der Waals surface area contributed by atoms with Crippen LogP contribution in [0.3, 0.4) is 0 Å². The highest BCUT2D eigenvalue weighted by molar-refractivity contribution is 7.98. The molecule has 1 aliphatic heterocycles. The maximum atomic E-state index is 13.6. The van der Waals surface area contributed by atoms with Crippen molar-refractivity contribution in [3.8, 4) is 11.5 Å². The third kappa shape index (κ3) is 4.14. The molecule has 7 heteroatoms. The van der Waals surface area contributed by atoms with Gasteiger partial charge in [-0.25, -0.2) is 9.37 Å². The lowest BCUT2D eigenvalue weighted by atomic mass is 10.2. The van der Waals surface area contributed by atoms with E-state index in [9.17, 15) is 9.18 Å². The number of rotatable bonds is 5. The number of ether oxygens (including phenoxy) is 2. The molecule has 5 rings (SSSR count). The molecule has 31 heavy (non-hydrogen) atoms. The lowest BCUT2D eigenvalue weighted by Gasteiger charge is -2.27. The molecule has 0 saturated heterocycles. The molecule has 5 nitrogen and oxygen atoms in total. The van der Waals surface area contributed by atoms with Crippen LogP contribution in [0.15, 0.2) is 82.7 Å². The van der Waals surface area contributed by atoms with Crippen LogP contribution in [0.1, 0.15) is 5.56 Å². The van der Waals surface area contributed by atoms with Crippen LogP contribution in [0.2, 0.25) is 0 Å². The van der Waals surface area contributed by atoms with Gasteiger partial charge in [-0.3, -0.25) is 9.36 Å². The van der Waals surface area contributed by atoms with Crippen molar-refractivity contribution in [2.24, 2.45) is 0 Å². The summed E-state index contributed by atoms with van der Waals surface area (Å²) >= 11 is 1.40. The van der Waals surface area contributed by atoms with Crippen LogP contribution in [0.5, 0.6) is 11.5 Å². The minimum atomic E-state index is -0.330. The number of thioether (sulfide) groups is 1. The normalized spacial score (nSPS) is 15.2. The van der Waals surface area contributed by atoms with Crippen molar-refractivity contribution >= 4 is 22.7 Å². The summed E-state index contributed by atoms with van der Waals surface area (Å²) in [6.07, 6.45) is -0.330. The Morgan fingerprint density at radius 3 is 2.71 bits per heavy atom. The molecule has 4 aromatic rings. The summed E-state index contributed by atoms with van der Waals surface area (Å²) < 4.78 is 27.1. The van der Waals surface area contributed by atoms with E-state index in [1.807, 2.05) is 48.5 Å². The topological polar surface area (TPSA) is 53.4 Å². The molecule has 0 spiro atoms. The molecular formula is C24H19FN2O3S. The van der Waals surface area contributed by atoms with Crippen molar-refractivity contribution in [1.29, 1.82) is 0 Å². The number of halogens is 1. The molecule has 1 aromatic heterocycles. The molecule has 1 aliphatic rings. The minimum Gasteiger partial charge on any atom is -0.486 e. The predicted octanol–water partition coefficient (Wildman–Crippen LogP) is 4.67. The van der Waals surface area contributed by atoms with Gasteiger partial charge in [0.1, 0.15) is 12.4 Å². The Balaban J connectivity index is 1.47. The molecule has 1 unspecified atom stereocenters. The summed E-state index contributed by atoms with van der Waals surface area (Å²) in [4.78, 5) is 18.0. The zero-order chi connectivity index (χ0) is 21.2. The molecule has 2 heterocycles. The Morgan fingerprint density at radius 1 is 1.03 bits per heavy atom. The minimum absolute atomic E-state index is 0.130. The predicted molar refractivity (Wildman–Crippen MR) is 118 cm³/mol. The molecule has 0 amide bonds. The molecule has 0 aliphatic carbocycles. The summed E-state index contributed by atoms with van der Waals surface area (Å²) in [7, 11) is 0. The number of hydrogen-bond acceptors (Lipinski definition) is 5. The molecule has 0 N–H and O–H groups in total. The second-order valence-corrected chi connectivity index (χ2v) is 8.19. The lowest BCUT2D eigenvalue weighted by molar-refractivity contribution is 0.0757. The van der Waals surface area contributed by atoms with Crippen LogP contribution >= 0.6 is 11.8 Å². The monoisotopic (exact) mass is 434 g/mol. The molecule has 0 radical (unpaired) electrons. The Kier molecular flexibility index (Phi) is 5.34. The fourth-order valence-electron chi connectivity index (χ4n) is 3.55. The van der Waals surface area contributed by atoms with Gasteiger partial charge >= 0.3 is 0 Å². The summed E-state index contributed by atoms with van der Waals surface area (Å²) in [6, 6.07) is 21.2. The number of aromatic nitrogens is 2. The number of hydrogen-bond donors (Lipinski definition) is 0. The molecule has 0 saturated carbocycles. The van der Waals surface area contributed by atoms with Crippen LogP contribution in [0.4, 0.5) is 4.39 Å². The quantitative estimate of drug-likeness (QED) is 0.338. The van der Waals surface area contributed by atoms with E-state index >= 15 is 0 Å². The molecule has 1 atom stereocenters. The Bertz CT molecular complexity index is 1310. The van der Waals surface area contributed by atoms with Crippen molar-refractivity contribution in [2.75, 3.05) is 6.61 Å². The van der Waals surface area contributed by atoms with Crippen molar-refractivity contribution < 1.29 is 13.9 Å². The zero-order valence-electron chi connectivity index (χ0n) is 16.5. The third-order valence-electron chi connectivity index (χ3n) is 5.04. The second-order valence-electron chi connectivity index (χ2n) is 7.24. The fraction of sp³-hybridized carbons (Fsp3) is 0.167. The van der Waals surface area contributed by atoms with Gasteiger partial charge in [0.15, 0.2) is 22.8 Å². The SMILES string of the molecule is O=c1c2ccccc2nc(SCc2cccc(F)c2)n1CC1COc2ccccc2O1. The van der Waals surface area contributed by atoms with Crippen molar-refractivity contribution in [3.05, 3.63) is 94.5 Å². The highest BCUT2D eigenvalue weighted by atomic mass is 32.2. The number of nitrogens with zero attached hydrogens (tertiary/aromatic N) is 2. The van der Waals surface area contributed by atoms with Crippen molar-refractivity contribution in [1.82, 2.24) is 9.55 Å². The van der Waals surface area contributed by atoms with E-state index in [1.54, 1.807) is 16.7 Å². The van der Waals surface area contributed by atoms with Crippen LogP contribution in [0, 0.1) is 5.82 Å². The maximum Gasteiger partial charge on any atom is 0.262 e. The van der Waals surface area contributed by atoms with Gasteiger partial charge < -0.3 is 9.47 Å². The van der Waals surface area contributed by atoms with Gasteiger partial charge in [-0.15, -0.1) is 0 Å². The van der Waals surface area contributed by atoms with Crippen molar-refractivity contribution in [3.63, 3.8) is 0 Å². The van der Waals surface area contributed by atoms with Gasteiger partial charge in [0, 0.05) is 5.75 Å². The van der Waals surface area contributed by atoms with Gasteiger partial charge in [-0.05, 0) is 42.0 Å². The van der Waals surface area contributed by atoms with Gasteiger partial charge in [0.25, 0.3) is 5.56 Å². The highest BCUT2D eigenvalue weighted by Gasteiger charge is 2.23. The largest absolute Gasteiger partial charge is 0.486 e. The molecule has 3 aromatic carbocycles. The summed E-state index contributed by atoms with van der Waals surface area (Å²) in [5.41, 5.74) is 1.33. The van der Waals surface area contributed by atoms with E-state index in [1.165, 1.54) is 23.9 Å². The number of fused-ring (bicyclic) bond motifs is 2. The first-order chi connectivity index (χ1) is 15.2. The van der Waals surface area contributed by atoms with E-state index < -0.39 is 0 Å². The smallest absolute Gasteiger partial charge is 0.262 e. The molecule has 0 fully saturated rings. The number of para-hydroxylation sites is 3. The Morgan fingerprint density at radius 2 is 1.84 bits per heavy atom. The van der Waals surface area contributed by atoms with Crippen LogP contribution in [0.25, 0.3) is 10.9 Å². The van der Waals surface area contributed by atoms with E-state index in [0.717, 1.165) is 5.56 Å². The van der Waals surface area contributed by atoms with Crippen molar-refractivity contribution in [2.45, 2.75) is 23.6 Å². The second kappa shape index (κ2) is 8.43. The van der Waals surface area contributed by atoms with Gasteiger partial charge in [0.2, 0.25) is 0 Å². The first-order valence-electron chi connectivity index (χ1n) is 9.93. The first kappa shape index (κ1) is 19.6. The standard InChI is InChI=1S/C24H19FN2O3S/c25-17-7-5-6-16(12-17)15-31-24-26-20-9-2-1-8-19(20)23(28)27(24)13-18-14-29-21-10-3-4-11-22(21)30-18/h1-12,18H,13-15H2. The average Bonchev–Trinajstić information content (AvgIpc) is 2.80. The average molecular weight is 434 g/mol. The Hall–Kier alpha value is -3.32. The van der Waals surface area contributed by atoms with Gasteiger partial charge in [-0.1, -0.05) is 48.2 Å². The van der Waals surface area contributed by atoms with Crippen LogP contribution in [-0.4, -0.2) is 22.3 Å². The van der Waals surface area contributed by atoms with Crippen LogP contribution in [-0.2, 0) is 12.3 Å². The van der Waals surface area contributed by atoms with Gasteiger partial charge in [0.05, 0.1) is 17.4 Å². The summed E-state index contributed by atoms with van der Waals surface area (Å²) in [5.74, 6) is 1.57. The first-order valence-corrected chi connectivity index (χ1v) is 10.9. The van der Waals surface area contributed by atoms with Crippen LogP contribution < -0.4 is 15.0 Å². The lowest BCUT2D eigenvalue weighted by Crippen LogP contribution is -2.37. The molecular weight excluding hydrogens is 415 g/mol. The highest BCUT2D eigenvalue weighted by Crippen LogP contribution is 2.31. The summed E-state index contributed by atoms with van der Waals surface area (Å²) in [5, 5.41) is 1.12. The van der Waals surface area contributed by atoms with E-state index in [0.29, 0.717) is 46.5 Å². The van der Waals surface area contributed by atoms with E-state index in [-0.39, 0.29) is 17.5 Å². The molecule has 0 bridgehead atoms. The maximum absolute atomic E-state index is 13.6. The zero-order valence-corrected chi connectivity index (χ0v) is 17.3. The summed E-state index contributed by atoms with van der Waals surface area (Å²) in [6.45, 7) is 0.640. The Labute approximate surface area is 182 Å².